The quantitative estimate of drug-likeness (QED) is 0.896. The van der Waals surface area contributed by atoms with Gasteiger partial charge in [-0.1, -0.05) is 26.0 Å². The van der Waals surface area contributed by atoms with Gasteiger partial charge in [0.1, 0.15) is 12.4 Å². The monoisotopic (exact) mass is 314 g/mol. The molecule has 23 heavy (non-hydrogen) atoms. The summed E-state index contributed by atoms with van der Waals surface area (Å²) in [5.41, 5.74) is 3.39. The van der Waals surface area contributed by atoms with E-state index in [-0.39, 0.29) is 5.41 Å². The van der Waals surface area contributed by atoms with E-state index >= 15 is 0 Å². The summed E-state index contributed by atoms with van der Waals surface area (Å²) in [6.07, 6.45) is 5.03. The van der Waals surface area contributed by atoms with Crippen LogP contribution in [0.2, 0.25) is 0 Å². The number of carbonyl (C=O) groups is 1. The second-order valence-corrected chi connectivity index (χ2v) is 6.84. The van der Waals surface area contributed by atoms with Crippen LogP contribution in [-0.2, 0) is 4.79 Å². The Morgan fingerprint density at radius 2 is 2.13 bits per heavy atom. The van der Waals surface area contributed by atoms with Crippen LogP contribution in [0.3, 0.4) is 0 Å². The Morgan fingerprint density at radius 1 is 1.35 bits per heavy atom. The Balaban J connectivity index is 2.15. The first-order valence-corrected chi connectivity index (χ1v) is 7.98. The summed E-state index contributed by atoms with van der Waals surface area (Å²) in [7, 11) is 0. The van der Waals surface area contributed by atoms with E-state index in [9.17, 15) is 15.0 Å². The van der Waals surface area contributed by atoms with Crippen LogP contribution in [0.5, 0.6) is 5.75 Å². The Kier molecular flexibility index (Phi) is 4.02. The molecule has 1 unspecified atom stereocenters. The van der Waals surface area contributed by atoms with E-state index in [1.54, 1.807) is 0 Å². The smallest absolute Gasteiger partial charge is 0.336 e. The van der Waals surface area contributed by atoms with Crippen LogP contribution in [0.1, 0.15) is 44.2 Å². The molecular weight excluding hydrogens is 292 g/mol. The van der Waals surface area contributed by atoms with Gasteiger partial charge in [-0.05, 0) is 59.6 Å². The van der Waals surface area contributed by atoms with Gasteiger partial charge in [0, 0.05) is 5.56 Å². The van der Waals surface area contributed by atoms with Gasteiger partial charge in [0.05, 0.1) is 0 Å². The minimum atomic E-state index is -1.44. The zero-order chi connectivity index (χ0) is 16.6. The summed E-state index contributed by atoms with van der Waals surface area (Å²) in [5, 5.41) is 19.4. The molecule has 4 heteroatoms. The van der Waals surface area contributed by atoms with E-state index in [0.717, 1.165) is 35.3 Å². The Hall–Kier alpha value is -2.07. The molecule has 0 saturated carbocycles. The molecule has 0 radical (unpaired) electrons. The van der Waals surface area contributed by atoms with Crippen LogP contribution in [0.15, 0.2) is 29.8 Å². The standard InChI is InChI=1S/C19H22O4/c1-19(2)9-3-6-14(17(20)18(21)22)16(19)13-7-8-15-12(11-13)5-4-10-23-15/h4-5,7-8,11,17,20H,3,6,9-10H2,1-2H3,(H,21,22). The maximum absolute atomic E-state index is 11.3. The number of aliphatic carboxylic acids is 1. The lowest BCUT2D eigenvalue weighted by atomic mass is 9.68. The molecule has 0 aromatic heterocycles. The van der Waals surface area contributed by atoms with Crippen molar-refractivity contribution in [2.24, 2.45) is 5.41 Å². The van der Waals surface area contributed by atoms with Crippen molar-refractivity contribution in [1.29, 1.82) is 0 Å². The third-order valence-electron chi connectivity index (χ3n) is 4.74. The number of rotatable bonds is 3. The van der Waals surface area contributed by atoms with Gasteiger partial charge in [0.2, 0.25) is 0 Å². The summed E-state index contributed by atoms with van der Waals surface area (Å²) in [5.74, 6) is -0.345. The fourth-order valence-corrected chi connectivity index (χ4v) is 3.68. The van der Waals surface area contributed by atoms with Gasteiger partial charge in [-0.25, -0.2) is 4.79 Å². The molecule has 3 rings (SSSR count). The van der Waals surface area contributed by atoms with Gasteiger partial charge < -0.3 is 14.9 Å². The molecule has 1 atom stereocenters. The molecular formula is C19H22O4. The van der Waals surface area contributed by atoms with Crippen LogP contribution in [-0.4, -0.2) is 28.9 Å². The summed E-state index contributed by atoms with van der Waals surface area (Å²) >= 11 is 0. The predicted molar refractivity (Wildman–Crippen MR) is 89.2 cm³/mol. The van der Waals surface area contributed by atoms with Crippen LogP contribution in [0.25, 0.3) is 11.6 Å². The maximum atomic E-state index is 11.3. The number of carboxylic acid groups (broad SMARTS) is 1. The van der Waals surface area contributed by atoms with Crippen molar-refractivity contribution in [3.8, 4) is 5.75 Å². The van der Waals surface area contributed by atoms with Gasteiger partial charge >= 0.3 is 5.97 Å². The molecule has 122 valence electrons. The molecule has 1 heterocycles. The zero-order valence-corrected chi connectivity index (χ0v) is 13.5. The number of ether oxygens (including phenoxy) is 1. The molecule has 0 bridgehead atoms. The molecule has 0 fully saturated rings. The van der Waals surface area contributed by atoms with E-state index < -0.39 is 12.1 Å². The highest BCUT2D eigenvalue weighted by Crippen LogP contribution is 2.47. The van der Waals surface area contributed by atoms with Gasteiger partial charge in [0.15, 0.2) is 6.10 Å². The second-order valence-electron chi connectivity index (χ2n) is 6.84. The van der Waals surface area contributed by atoms with Crippen molar-refractivity contribution in [3.05, 3.63) is 41.0 Å². The summed E-state index contributed by atoms with van der Waals surface area (Å²) in [6, 6.07) is 5.92. The Bertz CT molecular complexity index is 697. The van der Waals surface area contributed by atoms with Crippen molar-refractivity contribution in [2.75, 3.05) is 6.61 Å². The minimum Gasteiger partial charge on any atom is -0.489 e. The van der Waals surface area contributed by atoms with E-state index in [1.165, 1.54) is 0 Å². The highest BCUT2D eigenvalue weighted by Gasteiger charge is 2.35. The molecule has 0 saturated heterocycles. The number of benzene rings is 1. The lowest BCUT2D eigenvalue weighted by Crippen LogP contribution is -2.29. The average molecular weight is 314 g/mol. The first-order valence-electron chi connectivity index (χ1n) is 7.98. The fraction of sp³-hybridized carbons (Fsp3) is 0.421. The second kappa shape index (κ2) is 5.85. The van der Waals surface area contributed by atoms with Gasteiger partial charge in [0.25, 0.3) is 0 Å². The molecule has 0 amide bonds. The van der Waals surface area contributed by atoms with Gasteiger partial charge in [-0.15, -0.1) is 0 Å². The number of aliphatic hydroxyl groups excluding tert-OH is 1. The molecule has 1 aliphatic carbocycles. The fourth-order valence-electron chi connectivity index (χ4n) is 3.68. The number of carboxylic acids is 1. The predicted octanol–water partition coefficient (Wildman–Crippen LogP) is 3.50. The van der Waals surface area contributed by atoms with Crippen LogP contribution < -0.4 is 4.74 Å². The lowest BCUT2D eigenvalue weighted by molar-refractivity contribution is -0.144. The molecule has 1 aromatic carbocycles. The SMILES string of the molecule is CC1(C)CCCC(C(O)C(=O)O)=C1c1ccc2c(c1)C=CCO2. The Labute approximate surface area is 136 Å². The van der Waals surface area contributed by atoms with Crippen molar-refractivity contribution in [2.45, 2.75) is 39.2 Å². The van der Waals surface area contributed by atoms with Crippen molar-refractivity contribution >= 4 is 17.6 Å². The van der Waals surface area contributed by atoms with E-state index in [4.69, 9.17) is 4.74 Å². The van der Waals surface area contributed by atoms with Crippen molar-refractivity contribution in [1.82, 2.24) is 0 Å². The van der Waals surface area contributed by atoms with Crippen LogP contribution in [0, 0.1) is 5.41 Å². The minimum absolute atomic E-state index is 0.169. The zero-order valence-electron chi connectivity index (χ0n) is 13.5. The average Bonchev–Trinajstić information content (AvgIpc) is 2.52. The molecule has 4 nitrogen and oxygen atoms in total. The highest BCUT2D eigenvalue weighted by molar-refractivity contribution is 5.84. The molecule has 2 aliphatic rings. The van der Waals surface area contributed by atoms with Gasteiger partial charge in [-0.2, -0.15) is 0 Å². The summed E-state index contributed by atoms with van der Waals surface area (Å²) in [4.78, 5) is 11.3. The first kappa shape index (κ1) is 15.8. The number of hydrogen-bond acceptors (Lipinski definition) is 3. The normalized spacial score (nSPS) is 20.7. The van der Waals surface area contributed by atoms with Crippen molar-refractivity contribution < 1.29 is 19.7 Å². The molecule has 2 N–H and O–H groups in total. The maximum Gasteiger partial charge on any atom is 0.336 e. The van der Waals surface area contributed by atoms with Crippen molar-refractivity contribution in [3.63, 3.8) is 0 Å². The molecule has 0 spiro atoms. The van der Waals surface area contributed by atoms with E-state index in [2.05, 4.69) is 13.8 Å². The topological polar surface area (TPSA) is 66.8 Å². The summed E-state index contributed by atoms with van der Waals surface area (Å²) in [6.45, 7) is 4.80. The molecule has 1 aromatic rings. The largest absolute Gasteiger partial charge is 0.489 e. The lowest BCUT2D eigenvalue weighted by Gasteiger charge is -2.36. The van der Waals surface area contributed by atoms with Crippen LogP contribution in [0.4, 0.5) is 0 Å². The van der Waals surface area contributed by atoms with Gasteiger partial charge in [-0.3, -0.25) is 0 Å². The number of hydrogen-bond donors (Lipinski definition) is 2. The summed E-state index contributed by atoms with van der Waals surface area (Å²) < 4.78 is 5.58. The highest BCUT2D eigenvalue weighted by atomic mass is 16.5. The van der Waals surface area contributed by atoms with E-state index in [0.29, 0.717) is 18.6 Å². The number of allylic oxidation sites excluding steroid dienone is 1. The molecule has 1 aliphatic heterocycles. The third-order valence-corrected chi connectivity index (χ3v) is 4.74. The number of aliphatic hydroxyl groups is 1. The van der Waals surface area contributed by atoms with Crippen LogP contribution >= 0.6 is 0 Å². The third kappa shape index (κ3) is 2.91. The van der Waals surface area contributed by atoms with E-state index in [1.807, 2.05) is 30.4 Å². The number of fused-ring (bicyclic) bond motifs is 1. The Morgan fingerprint density at radius 3 is 2.87 bits per heavy atom. The first-order chi connectivity index (χ1) is 10.9.